The fourth-order valence-corrected chi connectivity index (χ4v) is 3.55. The summed E-state index contributed by atoms with van der Waals surface area (Å²) in [5, 5.41) is 18.0. The number of H-pyrrole nitrogens is 1. The van der Waals surface area contributed by atoms with E-state index in [0.717, 1.165) is 32.8 Å². The number of aliphatic carboxylic acids is 1. The molecule has 0 radical (unpaired) electrons. The molecular formula is C23H21N3O3. The number of para-hydroxylation sites is 1. The summed E-state index contributed by atoms with van der Waals surface area (Å²) in [5.41, 5.74) is 2.76. The highest BCUT2D eigenvalue weighted by atomic mass is 16.4. The lowest BCUT2D eigenvalue weighted by Crippen LogP contribution is -2.46. The molecule has 146 valence electrons. The van der Waals surface area contributed by atoms with Crippen molar-refractivity contribution >= 4 is 33.7 Å². The third-order valence-corrected chi connectivity index (χ3v) is 5.02. The molecule has 1 heterocycles. The minimum Gasteiger partial charge on any atom is -0.480 e. The van der Waals surface area contributed by atoms with Crippen LogP contribution in [0.15, 0.2) is 72.9 Å². The number of hydrogen-bond acceptors (Lipinski definition) is 2. The molecule has 4 aromatic rings. The van der Waals surface area contributed by atoms with Crippen LogP contribution in [0.4, 0.5) is 4.79 Å². The van der Waals surface area contributed by atoms with Gasteiger partial charge in [0.25, 0.3) is 0 Å². The quantitative estimate of drug-likeness (QED) is 0.405. The molecule has 1 unspecified atom stereocenters. The van der Waals surface area contributed by atoms with E-state index in [-0.39, 0.29) is 6.42 Å². The Kier molecular flexibility index (Phi) is 5.16. The molecule has 6 heteroatoms. The van der Waals surface area contributed by atoms with Crippen LogP contribution in [0.25, 0.3) is 21.7 Å². The summed E-state index contributed by atoms with van der Waals surface area (Å²) in [5.74, 6) is -1.07. The number of carboxylic acids is 1. The molecule has 0 aliphatic heterocycles. The van der Waals surface area contributed by atoms with E-state index in [1.54, 1.807) is 6.20 Å². The summed E-state index contributed by atoms with van der Waals surface area (Å²) >= 11 is 0. The molecule has 0 aliphatic rings. The number of carboxylic acid groups (broad SMARTS) is 1. The summed E-state index contributed by atoms with van der Waals surface area (Å²) in [6, 6.07) is 20.0. The smallest absolute Gasteiger partial charge is 0.326 e. The molecule has 0 aliphatic carbocycles. The van der Waals surface area contributed by atoms with Crippen LogP contribution in [0.3, 0.4) is 0 Å². The molecule has 0 saturated heterocycles. The number of aromatic nitrogens is 1. The monoisotopic (exact) mass is 387 g/mol. The van der Waals surface area contributed by atoms with Crippen molar-refractivity contribution < 1.29 is 14.7 Å². The lowest BCUT2D eigenvalue weighted by Gasteiger charge is -2.15. The van der Waals surface area contributed by atoms with Crippen molar-refractivity contribution in [1.29, 1.82) is 0 Å². The van der Waals surface area contributed by atoms with Gasteiger partial charge in [-0.25, -0.2) is 9.59 Å². The maximum Gasteiger partial charge on any atom is 0.326 e. The van der Waals surface area contributed by atoms with Crippen molar-refractivity contribution in [2.75, 3.05) is 0 Å². The van der Waals surface area contributed by atoms with Crippen molar-refractivity contribution in [3.8, 4) is 0 Å². The number of urea groups is 1. The molecule has 0 saturated carbocycles. The van der Waals surface area contributed by atoms with Crippen LogP contribution < -0.4 is 10.6 Å². The average molecular weight is 387 g/mol. The Hall–Kier alpha value is -3.80. The number of fused-ring (bicyclic) bond motifs is 2. The largest absolute Gasteiger partial charge is 0.480 e. The molecule has 1 aromatic heterocycles. The lowest BCUT2D eigenvalue weighted by atomic mass is 10.0. The van der Waals surface area contributed by atoms with Crippen molar-refractivity contribution in [2.45, 2.75) is 19.0 Å². The third-order valence-electron chi connectivity index (χ3n) is 5.02. The van der Waals surface area contributed by atoms with Crippen molar-refractivity contribution in [2.24, 2.45) is 0 Å². The zero-order valence-electron chi connectivity index (χ0n) is 15.7. The molecule has 1 atom stereocenters. The SMILES string of the molecule is O=C(NCc1cccc2ccccc12)NC(Cc1c[nH]c2ccccc12)C(=O)O. The van der Waals surface area contributed by atoms with Gasteiger partial charge in [0.2, 0.25) is 0 Å². The Balaban J connectivity index is 1.43. The van der Waals surface area contributed by atoms with E-state index in [2.05, 4.69) is 15.6 Å². The van der Waals surface area contributed by atoms with E-state index < -0.39 is 18.0 Å². The number of nitrogens with one attached hydrogen (secondary N) is 3. The van der Waals surface area contributed by atoms with Gasteiger partial charge in [0.1, 0.15) is 6.04 Å². The van der Waals surface area contributed by atoms with E-state index in [4.69, 9.17) is 0 Å². The van der Waals surface area contributed by atoms with Crippen molar-refractivity contribution in [1.82, 2.24) is 15.6 Å². The first-order valence-corrected chi connectivity index (χ1v) is 9.40. The summed E-state index contributed by atoms with van der Waals surface area (Å²) < 4.78 is 0. The van der Waals surface area contributed by atoms with Crippen LogP contribution in [0.1, 0.15) is 11.1 Å². The summed E-state index contributed by atoms with van der Waals surface area (Å²) in [6.07, 6.45) is 1.98. The van der Waals surface area contributed by atoms with Crippen LogP contribution in [0.5, 0.6) is 0 Å². The highest BCUT2D eigenvalue weighted by Crippen LogP contribution is 2.20. The molecule has 3 aromatic carbocycles. The van der Waals surface area contributed by atoms with Crippen molar-refractivity contribution in [3.05, 3.63) is 84.1 Å². The van der Waals surface area contributed by atoms with Gasteiger partial charge >= 0.3 is 12.0 Å². The number of benzene rings is 3. The first-order valence-electron chi connectivity index (χ1n) is 9.40. The highest BCUT2D eigenvalue weighted by molar-refractivity contribution is 5.88. The minimum atomic E-state index is -1.07. The van der Waals surface area contributed by atoms with Gasteiger partial charge in [0.15, 0.2) is 0 Å². The summed E-state index contributed by atoms with van der Waals surface area (Å²) in [4.78, 5) is 27.2. The molecule has 6 nitrogen and oxygen atoms in total. The maximum absolute atomic E-state index is 12.4. The molecular weight excluding hydrogens is 366 g/mol. The van der Waals surface area contributed by atoms with Gasteiger partial charge in [-0.15, -0.1) is 0 Å². The number of rotatable bonds is 6. The van der Waals surface area contributed by atoms with Crippen LogP contribution >= 0.6 is 0 Å². The van der Waals surface area contributed by atoms with Crippen LogP contribution in [0.2, 0.25) is 0 Å². The van der Waals surface area contributed by atoms with Gasteiger partial charge in [0.05, 0.1) is 0 Å². The number of carbonyl (C=O) groups excluding carboxylic acids is 1. The Morgan fingerprint density at radius 3 is 2.45 bits per heavy atom. The van der Waals surface area contributed by atoms with E-state index in [1.165, 1.54) is 0 Å². The second-order valence-corrected chi connectivity index (χ2v) is 6.92. The number of hydrogen-bond donors (Lipinski definition) is 4. The van der Waals surface area contributed by atoms with E-state index in [0.29, 0.717) is 6.54 Å². The number of carbonyl (C=O) groups is 2. The topological polar surface area (TPSA) is 94.2 Å². The number of aromatic amines is 1. The molecule has 4 N–H and O–H groups in total. The molecule has 0 fully saturated rings. The van der Waals surface area contributed by atoms with Gasteiger partial charge in [-0.05, 0) is 28.0 Å². The molecule has 29 heavy (non-hydrogen) atoms. The Morgan fingerprint density at radius 1 is 0.897 bits per heavy atom. The standard InChI is InChI=1S/C23H21N3O3/c27-22(28)21(12-17-14-24-20-11-4-3-10-19(17)20)26-23(29)25-13-16-8-5-7-15-6-1-2-9-18(15)16/h1-11,14,21,24H,12-13H2,(H,27,28)(H2,25,26,29). The number of amides is 2. The van der Waals surface area contributed by atoms with E-state index >= 15 is 0 Å². The van der Waals surface area contributed by atoms with Gasteiger partial charge in [0, 0.05) is 30.1 Å². The van der Waals surface area contributed by atoms with Gasteiger partial charge in [-0.1, -0.05) is 60.7 Å². The van der Waals surface area contributed by atoms with E-state index in [9.17, 15) is 14.7 Å². The van der Waals surface area contributed by atoms with E-state index in [1.807, 2.05) is 66.7 Å². The fraction of sp³-hybridized carbons (Fsp3) is 0.130. The second kappa shape index (κ2) is 8.06. The summed E-state index contributed by atoms with van der Waals surface area (Å²) in [7, 11) is 0. The molecule has 2 amide bonds. The normalized spacial score (nSPS) is 12.0. The Morgan fingerprint density at radius 2 is 1.62 bits per heavy atom. The Labute approximate surface area is 167 Å². The second-order valence-electron chi connectivity index (χ2n) is 6.92. The highest BCUT2D eigenvalue weighted by Gasteiger charge is 2.21. The maximum atomic E-state index is 12.4. The third kappa shape index (κ3) is 4.06. The van der Waals surface area contributed by atoms with Crippen LogP contribution in [-0.2, 0) is 17.8 Å². The first kappa shape index (κ1) is 18.6. The molecule has 4 rings (SSSR count). The van der Waals surface area contributed by atoms with Gasteiger partial charge in [-0.2, -0.15) is 0 Å². The first-order chi connectivity index (χ1) is 14.1. The minimum absolute atomic E-state index is 0.195. The zero-order chi connectivity index (χ0) is 20.2. The predicted octanol–water partition coefficient (Wildman–Crippen LogP) is 3.82. The van der Waals surface area contributed by atoms with Gasteiger partial charge in [-0.3, -0.25) is 0 Å². The zero-order valence-corrected chi connectivity index (χ0v) is 15.7. The Bertz CT molecular complexity index is 1180. The molecule has 0 spiro atoms. The van der Waals surface area contributed by atoms with Crippen LogP contribution in [0, 0.1) is 0 Å². The molecule has 0 bridgehead atoms. The lowest BCUT2D eigenvalue weighted by molar-refractivity contribution is -0.139. The van der Waals surface area contributed by atoms with Crippen molar-refractivity contribution in [3.63, 3.8) is 0 Å². The fourth-order valence-electron chi connectivity index (χ4n) is 3.55. The van der Waals surface area contributed by atoms with Gasteiger partial charge < -0.3 is 20.7 Å². The predicted molar refractivity (Wildman–Crippen MR) is 113 cm³/mol. The van der Waals surface area contributed by atoms with Crippen LogP contribution in [-0.4, -0.2) is 28.1 Å². The average Bonchev–Trinajstić information content (AvgIpc) is 3.14. The summed E-state index contributed by atoms with van der Waals surface area (Å²) in [6.45, 7) is 0.312.